The number of aliphatic hydroxyl groups excluding tert-OH is 1. The predicted molar refractivity (Wildman–Crippen MR) is 65.9 cm³/mol. The minimum atomic E-state index is -0.450. The summed E-state index contributed by atoms with van der Waals surface area (Å²) in [6.07, 6.45) is 1.46. The smallest absolute Gasteiger partial charge is 0.337 e. The monoisotopic (exact) mass is 265 g/mol. The van der Waals surface area contributed by atoms with Gasteiger partial charge in [-0.05, 0) is 12.1 Å². The van der Waals surface area contributed by atoms with E-state index >= 15 is 0 Å². The van der Waals surface area contributed by atoms with E-state index in [1.165, 1.54) is 13.4 Å². The van der Waals surface area contributed by atoms with Crippen molar-refractivity contribution in [3.63, 3.8) is 0 Å². The molecule has 2 rings (SSSR count). The maximum atomic E-state index is 11.5. The summed E-state index contributed by atoms with van der Waals surface area (Å²) in [7, 11) is 1.31. The topological polar surface area (TPSA) is 77.2 Å². The molecule has 1 aromatic carbocycles. The lowest BCUT2D eigenvalue weighted by molar-refractivity contribution is 0.0600. The van der Waals surface area contributed by atoms with Crippen molar-refractivity contribution < 1.29 is 14.6 Å². The minimum Gasteiger partial charge on any atom is -0.465 e. The Morgan fingerprint density at radius 2 is 2.33 bits per heavy atom. The van der Waals surface area contributed by atoms with Crippen molar-refractivity contribution in [2.24, 2.45) is 0 Å². The lowest BCUT2D eigenvalue weighted by atomic mass is 10.1. The molecule has 0 radical (unpaired) electrons. The highest BCUT2D eigenvalue weighted by molar-refractivity contribution is 7.80. The fraction of sp³-hybridized carbons (Fsp3) is 0.182. The molecule has 0 aliphatic heterocycles. The Kier molecular flexibility index (Phi) is 3.63. The number of carbonyl (C=O) groups excluding carboxylic acids is 1. The van der Waals surface area contributed by atoms with E-state index in [1.54, 1.807) is 22.8 Å². The molecule has 18 heavy (non-hydrogen) atoms. The molecule has 0 aliphatic rings. The van der Waals surface area contributed by atoms with Gasteiger partial charge in [0.1, 0.15) is 6.33 Å². The van der Waals surface area contributed by atoms with Gasteiger partial charge >= 0.3 is 5.97 Å². The van der Waals surface area contributed by atoms with Crippen LogP contribution in [0.5, 0.6) is 0 Å². The average molecular weight is 265 g/mol. The molecule has 6 nitrogen and oxygen atoms in total. The fourth-order valence-electron chi connectivity index (χ4n) is 1.57. The van der Waals surface area contributed by atoms with E-state index in [0.29, 0.717) is 22.0 Å². The number of nitrogens with zero attached hydrogens (tertiary/aromatic N) is 3. The van der Waals surface area contributed by atoms with Crippen molar-refractivity contribution in [3.05, 3.63) is 35.7 Å². The van der Waals surface area contributed by atoms with Crippen LogP contribution in [0, 0.1) is 0 Å². The standard InChI is InChI=1S/C11H11N3O3S/c1-17-10(16)7-2-3-8(5-15)9(4-7)14-6-12-13-11(14)18/h2-4,6,15H,5H2,1H3,(H,13,18). The Labute approximate surface area is 109 Å². The first-order chi connectivity index (χ1) is 8.67. The molecule has 2 aromatic rings. The normalized spacial score (nSPS) is 10.4. The van der Waals surface area contributed by atoms with Gasteiger partial charge in [0.05, 0.1) is 25.0 Å². The zero-order valence-electron chi connectivity index (χ0n) is 9.57. The summed E-state index contributed by atoms with van der Waals surface area (Å²) in [5.74, 6) is -0.450. The Morgan fingerprint density at radius 1 is 1.56 bits per heavy atom. The number of methoxy groups -OCH3 is 1. The highest BCUT2D eigenvalue weighted by Gasteiger charge is 2.12. The fourth-order valence-corrected chi connectivity index (χ4v) is 1.78. The van der Waals surface area contributed by atoms with Crippen molar-refractivity contribution in [3.8, 4) is 5.69 Å². The number of esters is 1. The van der Waals surface area contributed by atoms with Crippen LogP contribution in [0.3, 0.4) is 0 Å². The van der Waals surface area contributed by atoms with Crippen LogP contribution >= 0.6 is 12.6 Å². The molecular formula is C11H11N3O3S. The highest BCUT2D eigenvalue weighted by Crippen LogP contribution is 2.20. The molecule has 0 aliphatic carbocycles. The second-order valence-corrected chi connectivity index (χ2v) is 3.89. The number of rotatable bonds is 3. The largest absolute Gasteiger partial charge is 0.465 e. The molecule has 0 fully saturated rings. The van der Waals surface area contributed by atoms with Gasteiger partial charge in [-0.3, -0.25) is 4.57 Å². The number of thiol groups is 1. The summed E-state index contributed by atoms with van der Waals surface area (Å²) < 4.78 is 6.22. The van der Waals surface area contributed by atoms with E-state index in [0.717, 1.165) is 0 Å². The number of carbonyl (C=O) groups is 1. The lowest BCUT2D eigenvalue weighted by Crippen LogP contribution is -2.06. The van der Waals surface area contributed by atoms with Gasteiger partial charge in [0, 0.05) is 5.56 Å². The van der Waals surface area contributed by atoms with E-state index in [1.807, 2.05) is 0 Å². The van der Waals surface area contributed by atoms with Crippen LogP contribution in [0.1, 0.15) is 15.9 Å². The summed E-state index contributed by atoms with van der Waals surface area (Å²) >= 11 is 4.15. The van der Waals surface area contributed by atoms with Crippen LogP contribution in [0.4, 0.5) is 0 Å². The van der Waals surface area contributed by atoms with E-state index in [9.17, 15) is 9.90 Å². The quantitative estimate of drug-likeness (QED) is 0.635. The molecule has 1 N–H and O–H groups in total. The van der Waals surface area contributed by atoms with Crippen molar-refractivity contribution in [2.75, 3.05) is 7.11 Å². The Bertz CT molecular complexity index is 583. The Hall–Kier alpha value is -1.86. The van der Waals surface area contributed by atoms with Gasteiger partial charge in [0.2, 0.25) is 0 Å². The molecule has 0 atom stereocenters. The van der Waals surface area contributed by atoms with Crippen LogP contribution in [-0.2, 0) is 11.3 Å². The van der Waals surface area contributed by atoms with Gasteiger partial charge in [-0.1, -0.05) is 6.07 Å². The summed E-state index contributed by atoms with van der Waals surface area (Å²) in [5, 5.41) is 17.1. The zero-order chi connectivity index (χ0) is 13.1. The molecular weight excluding hydrogens is 254 g/mol. The summed E-state index contributed by atoms with van der Waals surface area (Å²) in [6.45, 7) is -0.165. The highest BCUT2D eigenvalue weighted by atomic mass is 32.1. The maximum Gasteiger partial charge on any atom is 0.337 e. The maximum absolute atomic E-state index is 11.5. The van der Waals surface area contributed by atoms with E-state index < -0.39 is 5.97 Å². The number of hydrogen-bond donors (Lipinski definition) is 2. The van der Waals surface area contributed by atoms with Gasteiger partial charge in [0.25, 0.3) is 0 Å². The number of aliphatic hydroxyl groups is 1. The third-order valence-electron chi connectivity index (χ3n) is 2.47. The van der Waals surface area contributed by atoms with Crippen molar-refractivity contribution in [2.45, 2.75) is 11.8 Å². The SMILES string of the molecule is COC(=O)c1ccc(CO)c(-n2cnnc2S)c1. The van der Waals surface area contributed by atoms with Crippen LogP contribution < -0.4 is 0 Å². The molecule has 7 heteroatoms. The third-order valence-corrected chi connectivity index (χ3v) is 2.77. The van der Waals surface area contributed by atoms with Gasteiger partial charge in [-0.2, -0.15) is 0 Å². The third kappa shape index (κ3) is 2.22. The van der Waals surface area contributed by atoms with Crippen LogP contribution in [0.2, 0.25) is 0 Å². The van der Waals surface area contributed by atoms with Gasteiger partial charge in [0.15, 0.2) is 5.16 Å². The molecule has 0 spiro atoms. The van der Waals surface area contributed by atoms with Crippen molar-refractivity contribution in [1.29, 1.82) is 0 Å². The van der Waals surface area contributed by atoms with Gasteiger partial charge in [-0.25, -0.2) is 4.79 Å². The first-order valence-corrected chi connectivity index (χ1v) is 5.53. The Morgan fingerprint density at radius 3 is 2.89 bits per heavy atom. The number of hydrogen-bond acceptors (Lipinski definition) is 6. The van der Waals surface area contributed by atoms with Crippen molar-refractivity contribution >= 4 is 18.6 Å². The summed E-state index contributed by atoms with van der Waals surface area (Å²) in [5.41, 5.74) is 1.61. The molecule has 94 valence electrons. The van der Waals surface area contributed by atoms with E-state index in [2.05, 4.69) is 27.6 Å². The van der Waals surface area contributed by atoms with E-state index in [4.69, 9.17) is 0 Å². The molecule has 0 unspecified atom stereocenters. The molecule has 1 aromatic heterocycles. The van der Waals surface area contributed by atoms with Gasteiger partial charge in [-0.15, -0.1) is 22.8 Å². The van der Waals surface area contributed by atoms with Crippen LogP contribution in [0.15, 0.2) is 29.7 Å². The van der Waals surface area contributed by atoms with Crippen molar-refractivity contribution in [1.82, 2.24) is 14.8 Å². The molecule has 0 amide bonds. The second kappa shape index (κ2) is 5.19. The Balaban J connectivity index is 2.56. The molecule has 0 saturated heterocycles. The number of benzene rings is 1. The van der Waals surface area contributed by atoms with Crippen LogP contribution in [-0.4, -0.2) is 33.0 Å². The van der Waals surface area contributed by atoms with Crippen LogP contribution in [0.25, 0.3) is 5.69 Å². The summed E-state index contributed by atoms with van der Waals surface area (Å²) in [4.78, 5) is 11.5. The first kappa shape index (κ1) is 12.6. The van der Waals surface area contributed by atoms with Gasteiger partial charge < -0.3 is 9.84 Å². The molecule has 1 heterocycles. The predicted octanol–water partition coefficient (Wildman–Crippen LogP) is 0.835. The lowest BCUT2D eigenvalue weighted by Gasteiger charge is -2.10. The molecule has 0 bridgehead atoms. The summed E-state index contributed by atoms with van der Waals surface area (Å²) in [6, 6.07) is 4.83. The van der Waals surface area contributed by atoms with E-state index in [-0.39, 0.29) is 6.61 Å². The average Bonchev–Trinajstić information content (AvgIpc) is 2.83. The minimum absolute atomic E-state index is 0.165. The number of aromatic nitrogens is 3. The zero-order valence-corrected chi connectivity index (χ0v) is 10.5. The first-order valence-electron chi connectivity index (χ1n) is 5.09. The molecule has 0 saturated carbocycles. The second-order valence-electron chi connectivity index (χ2n) is 3.49. The number of ether oxygens (including phenoxy) is 1.